The highest BCUT2D eigenvalue weighted by Crippen LogP contribution is 2.32. The topological polar surface area (TPSA) is 63.2 Å². The van der Waals surface area contributed by atoms with Gasteiger partial charge in [0.15, 0.2) is 17.3 Å². The maximum atomic E-state index is 14.3. The van der Waals surface area contributed by atoms with E-state index in [1.165, 1.54) is 0 Å². The minimum absolute atomic E-state index is 0.153. The molecule has 41 heavy (non-hydrogen) atoms. The largest absolute Gasteiger partial charge is 0.315 e. The molecule has 4 aromatic carbocycles. The molecule has 204 valence electrons. The van der Waals surface area contributed by atoms with E-state index >= 15 is 0 Å². The number of Topliss-reactive ketones (excluding diaryl/α,β-unsaturated/α-hetero) is 3. The quantitative estimate of drug-likeness (QED) is 0.153. The maximum Gasteiger partial charge on any atom is 0.189 e. The van der Waals surface area contributed by atoms with E-state index in [4.69, 9.17) is 0 Å². The first-order chi connectivity index (χ1) is 19.9. The summed E-state index contributed by atoms with van der Waals surface area (Å²) in [5.41, 5.74) is 3.41. The van der Waals surface area contributed by atoms with Gasteiger partial charge in [-0.25, -0.2) is 0 Å². The smallest absolute Gasteiger partial charge is 0.189 e. The van der Waals surface area contributed by atoms with Gasteiger partial charge in [-0.15, -0.1) is 0 Å². The van der Waals surface area contributed by atoms with Crippen LogP contribution in [0.2, 0.25) is 0 Å². The zero-order valence-corrected chi connectivity index (χ0v) is 25.3. The fraction of sp³-hybridized carbons (Fsp3) is 0.114. The van der Waals surface area contributed by atoms with Crippen molar-refractivity contribution in [1.82, 2.24) is 5.32 Å². The summed E-state index contributed by atoms with van der Waals surface area (Å²) in [6, 6.07) is 33.2. The lowest BCUT2D eigenvalue weighted by Crippen LogP contribution is -2.47. The third kappa shape index (κ3) is 6.96. The Hall–Kier alpha value is -3.71. The number of benzene rings is 4. The highest BCUT2D eigenvalue weighted by atomic mass is 79.9. The van der Waals surface area contributed by atoms with E-state index in [2.05, 4.69) is 37.2 Å². The lowest BCUT2D eigenvalue weighted by molar-refractivity contribution is -0.125. The van der Waals surface area contributed by atoms with Gasteiger partial charge in [-0.1, -0.05) is 117 Å². The van der Waals surface area contributed by atoms with Crippen molar-refractivity contribution >= 4 is 61.4 Å². The zero-order valence-electron chi connectivity index (χ0n) is 22.1. The summed E-state index contributed by atoms with van der Waals surface area (Å²) in [4.78, 5) is 42.1. The fourth-order valence-electron chi connectivity index (χ4n) is 5.06. The van der Waals surface area contributed by atoms with Gasteiger partial charge in [-0.3, -0.25) is 14.4 Å². The second kappa shape index (κ2) is 13.3. The molecule has 4 aromatic rings. The van der Waals surface area contributed by atoms with Gasteiger partial charge >= 0.3 is 0 Å². The third-order valence-corrected chi connectivity index (χ3v) is 8.06. The fourth-order valence-corrected chi connectivity index (χ4v) is 5.89. The number of hydrogen-bond acceptors (Lipinski definition) is 4. The predicted octanol–water partition coefficient (Wildman–Crippen LogP) is 7.85. The number of nitrogens with one attached hydrogen (secondary N) is 1. The Balaban J connectivity index is 1.59. The number of carbonyl (C=O) groups excluding carboxylic acids is 3. The van der Waals surface area contributed by atoms with Gasteiger partial charge in [0, 0.05) is 44.3 Å². The average molecular weight is 669 g/mol. The summed E-state index contributed by atoms with van der Waals surface area (Å²) in [7, 11) is 0. The molecule has 5 rings (SSSR count). The molecule has 6 heteroatoms. The van der Waals surface area contributed by atoms with Crippen LogP contribution in [-0.4, -0.2) is 30.4 Å². The SMILES string of the molecule is O=C(C(=Cc1cccc(Br)c1)C1CNCC(C(=Cc2cccc(Br)c2)C(=O)c2ccccc2)C1=O)c1ccccc1. The first kappa shape index (κ1) is 28.8. The van der Waals surface area contributed by atoms with E-state index in [-0.39, 0.29) is 17.3 Å². The highest BCUT2D eigenvalue weighted by molar-refractivity contribution is 9.10. The number of rotatable bonds is 8. The number of ketones is 3. The Morgan fingerprint density at radius 2 is 1.02 bits per heavy atom. The van der Waals surface area contributed by atoms with Gasteiger partial charge in [0.1, 0.15) is 0 Å². The lowest BCUT2D eigenvalue weighted by Gasteiger charge is -2.31. The van der Waals surface area contributed by atoms with Crippen LogP contribution in [0.4, 0.5) is 0 Å². The first-order valence-corrected chi connectivity index (χ1v) is 14.9. The summed E-state index contributed by atoms with van der Waals surface area (Å²) < 4.78 is 1.74. The van der Waals surface area contributed by atoms with Crippen LogP contribution in [0.25, 0.3) is 12.2 Å². The predicted molar refractivity (Wildman–Crippen MR) is 171 cm³/mol. The molecular weight excluding hydrogens is 642 g/mol. The maximum absolute atomic E-state index is 14.3. The van der Waals surface area contributed by atoms with Crippen LogP contribution in [-0.2, 0) is 4.79 Å². The Labute approximate surface area is 256 Å². The van der Waals surface area contributed by atoms with Crippen molar-refractivity contribution in [2.24, 2.45) is 11.8 Å². The van der Waals surface area contributed by atoms with Gasteiger partial charge < -0.3 is 5.32 Å². The summed E-state index contributed by atoms with van der Waals surface area (Å²) >= 11 is 7.01. The Morgan fingerprint density at radius 3 is 1.41 bits per heavy atom. The third-order valence-electron chi connectivity index (χ3n) is 7.07. The Bertz CT molecular complexity index is 1520. The van der Waals surface area contributed by atoms with Crippen LogP contribution in [0.1, 0.15) is 31.8 Å². The average Bonchev–Trinajstić information content (AvgIpc) is 2.99. The second-order valence-corrected chi connectivity index (χ2v) is 11.7. The molecule has 4 nitrogen and oxygen atoms in total. The van der Waals surface area contributed by atoms with E-state index < -0.39 is 11.8 Å². The highest BCUT2D eigenvalue weighted by Gasteiger charge is 2.39. The van der Waals surface area contributed by atoms with Crippen LogP contribution >= 0.6 is 31.9 Å². The van der Waals surface area contributed by atoms with Crippen LogP contribution in [0.3, 0.4) is 0 Å². The summed E-state index contributed by atoms with van der Waals surface area (Å²) in [5, 5.41) is 3.36. The summed E-state index contributed by atoms with van der Waals surface area (Å²) in [5.74, 6) is -2.05. The molecule has 0 aliphatic carbocycles. The van der Waals surface area contributed by atoms with Crippen molar-refractivity contribution in [2.45, 2.75) is 0 Å². The van der Waals surface area contributed by atoms with E-state index in [1.54, 1.807) is 36.4 Å². The Morgan fingerprint density at radius 1 is 0.610 bits per heavy atom. The first-order valence-electron chi connectivity index (χ1n) is 13.3. The van der Waals surface area contributed by atoms with Gasteiger partial charge in [-0.2, -0.15) is 0 Å². The van der Waals surface area contributed by atoms with Gasteiger partial charge in [0.25, 0.3) is 0 Å². The number of carbonyl (C=O) groups is 3. The molecule has 1 aliphatic rings. The zero-order chi connectivity index (χ0) is 28.8. The van der Waals surface area contributed by atoms with E-state index in [9.17, 15) is 14.4 Å². The van der Waals surface area contributed by atoms with Crippen LogP contribution in [0, 0.1) is 11.8 Å². The normalized spacial score (nSPS) is 17.8. The van der Waals surface area contributed by atoms with Crippen LogP contribution < -0.4 is 5.32 Å². The standard InChI is InChI=1S/C35H27Br2NO3/c36-27-15-7-9-23(17-27)19-29(33(39)25-11-3-1-4-12-25)31-21-38-22-32(35(31)41)30(20-24-10-8-16-28(37)18-24)34(40)26-13-5-2-6-14-26/h1-20,31-32,38H,21-22H2. The van der Waals surface area contributed by atoms with Gasteiger partial charge in [0.05, 0.1) is 11.8 Å². The van der Waals surface area contributed by atoms with Crippen LogP contribution in [0.15, 0.2) is 129 Å². The van der Waals surface area contributed by atoms with E-state index in [1.807, 2.05) is 84.9 Å². The van der Waals surface area contributed by atoms with Crippen LogP contribution in [0.5, 0.6) is 0 Å². The molecule has 0 amide bonds. The molecule has 1 fully saturated rings. The van der Waals surface area contributed by atoms with Gasteiger partial charge in [0.2, 0.25) is 0 Å². The van der Waals surface area contributed by atoms with Gasteiger partial charge in [-0.05, 0) is 47.5 Å². The van der Waals surface area contributed by atoms with Crippen molar-refractivity contribution in [1.29, 1.82) is 0 Å². The van der Waals surface area contributed by atoms with Crippen molar-refractivity contribution < 1.29 is 14.4 Å². The number of hydrogen-bond donors (Lipinski definition) is 1. The molecule has 0 bridgehead atoms. The summed E-state index contributed by atoms with van der Waals surface area (Å²) in [6.07, 6.45) is 3.59. The molecule has 0 radical (unpaired) electrons. The monoisotopic (exact) mass is 667 g/mol. The van der Waals surface area contributed by atoms with Crippen molar-refractivity contribution in [3.05, 3.63) is 152 Å². The minimum atomic E-state index is -0.741. The Kier molecular flexibility index (Phi) is 9.35. The molecule has 1 heterocycles. The van der Waals surface area contributed by atoms with E-state index in [0.717, 1.165) is 20.1 Å². The molecule has 0 spiro atoms. The number of halogens is 2. The lowest BCUT2D eigenvalue weighted by atomic mass is 9.76. The molecule has 1 N–H and O–H groups in total. The number of piperidine rings is 1. The molecular formula is C35H27Br2NO3. The molecule has 1 saturated heterocycles. The van der Waals surface area contributed by atoms with Crippen molar-refractivity contribution in [3.63, 3.8) is 0 Å². The molecule has 0 aromatic heterocycles. The molecule has 2 atom stereocenters. The van der Waals surface area contributed by atoms with Crippen molar-refractivity contribution in [2.75, 3.05) is 13.1 Å². The molecule has 2 unspecified atom stereocenters. The second-order valence-electron chi connectivity index (χ2n) is 9.87. The molecule has 0 saturated carbocycles. The molecule has 1 aliphatic heterocycles. The minimum Gasteiger partial charge on any atom is -0.315 e. The summed E-state index contributed by atoms with van der Waals surface area (Å²) in [6.45, 7) is 0.606. The van der Waals surface area contributed by atoms with Crippen molar-refractivity contribution in [3.8, 4) is 0 Å². The van der Waals surface area contributed by atoms with E-state index in [0.29, 0.717) is 35.4 Å².